The van der Waals surface area contributed by atoms with Crippen molar-refractivity contribution in [1.82, 2.24) is 4.72 Å². The molecule has 2 aromatic rings. The first-order chi connectivity index (χ1) is 13.9. The largest absolute Gasteiger partial charge is 0.383 e. The smallest absolute Gasteiger partial charge is 0.250 e. The summed E-state index contributed by atoms with van der Waals surface area (Å²) < 4.78 is 31.8. The van der Waals surface area contributed by atoms with Gasteiger partial charge in [-0.15, -0.1) is 0 Å². The van der Waals surface area contributed by atoms with Crippen LogP contribution < -0.4 is 9.62 Å². The van der Waals surface area contributed by atoms with Gasteiger partial charge in [-0.2, -0.15) is 5.26 Å². The van der Waals surface area contributed by atoms with Gasteiger partial charge in [-0.3, -0.25) is 0 Å². The minimum absolute atomic E-state index is 0.115. The minimum atomic E-state index is -3.86. The Morgan fingerprint density at radius 1 is 1.14 bits per heavy atom. The Labute approximate surface area is 173 Å². The predicted molar refractivity (Wildman–Crippen MR) is 119 cm³/mol. The molecule has 0 bridgehead atoms. The Morgan fingerprint density at radius 2 is 1.79 bits per heavy atom. The number of fused-ring (bicyclic) bond motifs is 1. The second-order valence-corrected chi connectivity index (χ2v) is 8.52. The molecule has 0 saturated carbocycles. The summed E-state index contributed by atoms with van der Waals surface area (Å²) in [6, 6.07) is 13.8. The van der Waals surface area contributed by atoms with Gasteiger partial charge in [-0.25, -0.2) is 13.1 Å². The summed E-state index contributed by atoms with van der Waals surface area (Å²) in [5.74, 6) is 0. The molecule has 0 amide bonds. The maximum absolute atomic E-state index is 12.3. The van der Waals surface area contributed by atoms with Gasteiger partial charge in [-0.05, 0) is 53.5 Å². The number of nitrogens with one attached hydrogen (secondary N) is 1. The first kappa shape index (κ1) is 22.9. The Bertz CT molecular complexity index is 988. The molecule has 1 N–H and O–H groups in total. The van der Waals surface area contributed by atoms with E-state index in [1.807, 2.05) is 24.3 Å². The van der Waals surface area contributed by atoms with E-state index in [2.05, 4.69) is 35.6 Å². The third kappa shape index (κ3) is 6.29. The number of anilines is 1. The van der Waals surface area contributed by atoms with E-state index >= 15 is 0 Å². The van der Waals surface area contributed by atoms with Crippen molar-refractivity contribution in [2.75, 3.05) is 38.3 Å². The Morgan fingerprint density at radius 3 is 2.41 bits per heavy atom. The Hall–Kier alpha value is -2.40. The van der Waals surface area contributed by atoms with Gasteiger partial charge in [0.1, 0.15) is 6.07 Å². The lowest BCUT2D eigenvalue weighted by atomic mass is 10.1. The molecule has 2 rings (SSSR count). The van der Waals surface area contributed by atoms with Crippen LogP contribution in [0.25, 0.3) is 16.8 Å². The molecule has 0 unspecified atom stereocenters. The van der Waals surface area contributed by atoms with Crippen molar-refractivity contribution in [3.8, 4) is 6.07 Å². The van der Waals surface area contributed by atoms with Crippen molar-refractivity contribution in [2.45, 2.75) is 26.7 Å². The van der Waals surface area contributed by atoms with Crippen LogP contribution in [-0.2, 0) is 14.8 Å². The number of ether oxygens (including phenoxy) is 1. The number of rotatable bonds is 11. The van der Waals surface area contributed by atoms with E-state index in [9.17, 15) is 13.7 Å². The van der Waals surface area contributed by atoms with Gasteiger partial charge in [0.2, 0.25) is 0 Å². The van der Waals surface area contributed by atoms with E-state index in [-0.39, 0.29) is 18.1 Å². The quantitative estimate of drug-likeness (QED) is 0.445. The maximum Gasteiger partial charge on any atom is 0.250 e. The molecule has 0 saturated heterocycles. The molecule has 0 spiro atoms. The van der Waals surface area contributed by atoms with Gasteiger partial charge in [0.05, 0.1) is 6.61 Å². The van der Waals surface area contributed by atoms with Crippen LogP contribution in [-0.4, -0.2) is 41.8 Å². The lowest BCUT2D eigenvalue weighted by molar-refractivity contribution is 0.204. The van der Waals surface area contributed by atoms with Crippen LogP contribution in [0, 0.1) is 11.3 Å². The van der Waals surface area contributed by atoms with E-state index in [1.54, 1.807) is 6.07 Å². The van der Waals surface area contributed by atoms with Gasteiger partial charge < -0.3 is 9.64 Å². The average Bonchev–Trinajstić information content (AvgIpc) is 2.71. The van der Waals surface area contributed by atoms with E-state index in [1.165, 1.54) is 18.9 Å². The fourth-order valence-corrected chi connectivity index (χ4v) is 4.04. The minimum Gasteiger partial charge on any atom is -0.383 e. The number of sulfonamides is 1. The zero-order valence-corrected chi connectivity index (χ0v) is 18.1. The molecule has 0 radical (unpaired) electrons. The van der Waals surface area contributed by atoms with Gasteiger partial charge in [-0.1, -0.05) is 32.0 Å². The van der Waals surface area contributed by atoms with Crippen molar-refractivity contribution >= 4 is 32.6 Å². The number of nitrogens with zero attached hydrogens (tertiary/aromatic N) is 2. The van der Waals surface area contributed by atoms with Crippen LogP contribution in [0.4, 0.5) is 5.69 Å². The van der Waals surface area contributed by atoms with Crippen LogP contribution in [0.2, 0.25) is 0 Å². The lowest BCUT2D eigenvalue weighted by Gasteiger charge is -2.24. The van der Waals surface area contributed by atoms with Crippen molar-refractivity contribution in [1.29, 1.82) is 5.26 Å². The second kappa shape index (κ2) is 11.0. The van der Waals surface area contributed by atoms with E-state index in [0.29, 0.717) is 5.56 Å². The SMILES string of the molecule is CCCN(CCC)c1ccc2cc(/C=C(\C#N)S(=O)(=O)NCCOC)ccc2c1. The molecule has 0 aromatic heterocycles. The standard InChI is InChI=1S/C22H29N3O3S/c1-4-11-25(12-5-2)21-9-8-19-14-18(6-7-20(19)16-21)15-22(17-23)29(26,27)24-10-13-28-3/h6-9,14-16,24H,4-5,10-13H2,1-3H3/b22-15+. The fraction of sp³-hybridized carbons (Fsp3) is 0.409. The van der Waals surface area contributed by atoms with Gasteiger partial charge in [0.25, 0.3) is 10.0 Å². The molecule has 0 aliphatic heterocycles. The third-order valence-corrected chi connectivity index (χ3v) is 5.87. The van der Waals surface area contributed by atoms with Crippen LogP contribution in [0.15, 0.2) is 41.3 Å². The van der Waals surface area contributed by atoms with Crippen LogP contribution >= 0.6 is 0 Å². The normalized spacial score (nSPS) is 12.1. The molecule has 0 aliphatic rings. The molecular formula is C22H29N3O3S. The lowest BCUT2D eigenvalue weighted by Crippen LogP contribution is -2.27. The van der Waals surface area contributed by atoms with Gasteiger partial charge in [0.15, 0.2) is 4.91 Å². The molecule has 156 valence electrons. The van der Waals surface area contributed by atoms with Gasteiger partial charge in [0, 0.05) is 32.4 Å². The number of allylic oxidation sites excluding steroid dienone is 1. The number of nitriles is 1. The summed E-state index contributed by atoms with van der Waals surface area (Å²) in [6.45, 7) is 6.73. The maximum atomic E-state index is 12.3. The zero-order valence-electron chi connectivity index (χ0n) is 17.3. The highest BCUT2D eigenvalue weighted by Gasteiger charge is 2.17. The highest BCUT2D eigenvalue weighted by molar-refractivity contribution is 7.93. The Balaban J connectivity index is 2.32. The summed E-state index contributed by atoms with van der Waals surface area (Å²) in [4.78, 5) is 2.06. The molecule has 0 atom stereocenters. The third-order valence-electron chi connectivity index (χ3n) is 4.50. The Kier molecular flexibility index (Phi) is 8.65. The summed E-state index contributed by atoms with van der Waals surface area (Å²) in [6.07, 6.45) is 3.57. The number of methoxy groups -OCH3 is 1. The van der Waals surface area contributed by atoms with E-state index in [4.69, 9.17) is 4.74 Å². The van der Waals surface area contributed by atoms with Crippen molar-refractivity contribution in [3.05, 3.63) is 46.9 Å². The predicted octanol–water partition coefficient (Wildman–Crippen LogP) is 3.90. The van der Waals surface area contributed by atoms with Crippen LogP contribution in [0.5, 0.6) is 0 Å². The van der Waals surface area contributed by atoms with Crippen LogP contribution in [0.3, 0.4) is 0 Å². The second-order valence-electron chi connectivity index (χ2n) is 6.79. The summed E-state index contributed by atoms with van der Waals surface area (Å²) in [7, 11) is -2.38. The number of hydrogen-bond donors (Lipinski definition) is 1. The summed E-state index contributed by atoms with van der Waals surface area (Å²) in [5.41, 5.74) is 1.85. The fourth-order valence-electron chi connectivity index (χ4n) is 3.13. The molecule has 7 heteroatoms. The van der Waals surface area contributed by atoms with Crippen molar-refractivity contribution < 1.29 is 13.2 Å². The van der Waals surface area contributed by atoms with Crippen molar-refractivity contribution in [3.63, 3.8) is 0 Å². The monoisotopic (exact) mass is 415 g/mol. The number of benzene rings is 2. The summed E-state index contributed by atoms with van der Waals surface area (Å²) in [5, 5.41) is 11.4. The van der Waals surface area contributed by atoms with Gasteiger partial charge >= 0.3 is 0 Å². The highest BCUT2D eigenvalue weighted by Crippen LogP contribution is 2.25. The number of hydrogen-bond acceptors (Lipinski definition) is 5. The van der Waals surface area contributed by atoms with E-state index < -0.39 is 10.0 Å². The molecule has 2 aromatic carbocycles. The highest BCUT2D eigenvalue weighted by atomic mass is 32.2. The van der Waals surface area contributed by atoms with E-state index in [0.717, 1.165) is 36.7 Å². The molecule has 0 fully saturated rings. The zero-order chi connectivity index (χ0) is 21.3. The first-order valence-corrected chi connectivity index (χ1v) is 11.3. The first-order valence-electron chi connectivity index (χ1n) is 9.84. The average molecular weight is 416 g/mol. The van der Waals surface area contributed by atoms with Crippen molar-refractivity contribution in [2.24, 2.45) is 0 Å². The topological polar surface area (TPSA) is 82.4 Å². The van der Waals surface area contributed by atoms with Crippen LogP contribution in [0.1, 0.15) is 32.3 Å². The molecule has 0 heterocycles. The molecule has 29 heavy (non-hydrogen) atoms. The molecular weight excluding hydrogens is 386 g/mol. The molecule has 0 aliphatic carbocycles. The molecule has 6 nitrogen and oxygen atoms in total. The summed E-state index contributed by atoms with van der Waals surface area (Å²) >= 11 is 0.